The van der Waals surface area contributed by atoms with Crippen LogP contribution in [0.15, 0.2) is 23.1 Å². The second-order valence-corrected chi connectivity index (χ2v) is 8.13. The summed E-state index contributed by atoms with van der Waals surface area (Å²) in [6.07, 6.45) is 2.17. The van der Waals surface area contributed by atoms with Crippen molar-refractivity contribution in [2.75, 3.05) is 44.7 Å². The Balaban J connectivity index is 1.35. The summed E-state index contributed by atoms with van der Waals surface area (Å²) in [6, 6.07) is 5.39. The lowest BCUT2D eigenvalue weighted by atomic mass is 10.2. The van der Waals surface area contributed by atoms with E-state index in [0.717, 1.165) is 50.6 Å². The van der Waals surface area contributed by atoms with Crippen molar-refractivity contribution >= 4 is 40.9 Å². The van der Waals surface area contributed by atoms with Crippen LogP contribution >= 0.6 is 23.4 Å². The van der Waals surface area contributed by atoms with Crippen LogP contribution in [0.2, 0.25) is 5.02 Å². The Morgan fingerprint density at radius 3 is 2.96 bits per heavy atom. The molecule has 8 heteroatoms. The number of carbonyl (C=O) groups is 2. The van der Waals surface area contributed by atoms with Gasteiger partial charge in [0.25, 0.3) is 0 Å². The topological polar surface area (TPSA) is 70.7 Å². The average molecular weight is 398 g/mol. The maximum atomic E-state index is 12.2. The van der Waals surface area contributed by atoms with Gasteiger partial charge in [-0.3, -0.25) is 14.5 Å². The fraction of sp³-hybridized carbons (Fsp3) is 0.556. The summed E-state index contributed by atoms with van der Waals surface area (Å²) in [5, 5.41) is 5.93. The standard InChI is InChI=1S/C18H24ClN3O3S/c19-13-3-4-15-14(11-13)21-18(24)16(26-15)12-17(23)20-5-1-2-6-22-7-9-25-10-8-22/h3-4,11,16H,1-2,5-10,12H2,(H,20,23)(H,21,24). The van der Waals surface area contributed by atoms with E-state index in [9.17, 15) is 9.59 Å². The number of anilines is 1. The van der Waals surface area contributed by atoms with Crippen LogP contribution in [-0.2, 0) is 14.3 Å². The summed E-state index contributed by atoms with van der Waals surface area (Å²) >= 11 is 7.36. The molecule has 3 rings (SSSR count). The highest BCUT2D eigenvalue weighted by atomic mass is 35.5. The second-order valence-electron chi connectivity index (χ2n) is 6.45. The summed E-state index contributed by atoms with van der Waals surface area (Å²) in [5.74, 6) is -0.228. The number of unbranched alkanes of at least 4 members (excludes halogenated alkanes) is 1. The van der Waals surface area contributed by atoms with Crippen molar-refractivity contribution in [1.82, 2.24) is 10.2 Å². The third kappa shape index (κ3) is 5.61. The van der Waals surface area contributed by atoms with Gasteiger partial charge < -0.3 is 15.4 Å². The Morgan fingerprint density at radius 2 is 2.15 bits per heavy atom. The predicted molar refractivity (Wildman–Crippen MR) is 104 cm³/mol. The molecule has 1 aromatic carbocycles. The first kappa shape index (κ1) is 19.5. The van der Waals surface area contributed by atoms with Gasteiger partial charge in [0.05, 0.1) is 24.2 Å². The minimum absolute atomic E-state index is 0.0820. The molecule has 2 aliphatic heterocycles. The minimum Gasteiger partial charge on any atom is -0.379 e. The van der Waals surface area contributed by atoms with Gasteiger partial charge in [-0.15, -0.1) is 11.8 Å². The van der Waals surface area contributed by atoms with Crippen LogP contribution in [0.25, 0.3) is 0 Å². The number of nitrogens with zero attached hydrogens (tertiary/aromatic N) is 1. The zero-order valence-corrected chi connectivity index (χ0v) is 16.2. The van der Waals surface area contributed by atoms with Gasteiger partial charge in [0.15, 0.2) is 0 Å². The molecule has 0 radical (unpaired) electrons. The van der Waals surface area contributed by atoms with Gasteiger partial charge in [-0.05, 0) is 37.6 Å². The summed E-state index contributed by atoms with van der Waals surface area (Å²) in [4.78, 5) is 27.6. The van der Waals surface area contributed by atoms with Crippen LogP contribution in [0.1, 0.15) is 19.3 Å². The Bertz CT molecular complexity index is 653. The molecule has 0 bridgehead atoms. The number of halogens is 1. The Hall–Kier alpha value is -1.28. The highest BCUT2D eigenvalue weighted by molar-refractivity contribution is 8.01. The summed E-state index contributed by atoms with van der Waals surface area (Å²) in [7, 11) is 0. The predicted octanol–water partition coefficient (Wildman–Crippen LogP) is 2.37. The first-order chi connectivity index (χ1) is 12.6. The fourth-order valence-corrected chi connectivity index (χ4v) is 4.27. The van der Waals surface area contributed by atoms with E-state index in [-0.39, 0.29) is 18.2 Å². The molecule has 0 saturated carbocycles. The summed E-state index contributed by atoms with van der Waals surface area (Å²) in [5.41, 5.74) is 0.715. The monoisotopic (exact) mass is 397 g/mol. The molecule has 0 aliphatic carbocycles. The van der Waals surface area contributed by atoms with Crippen LogP contribution in [-0.4, -0.2) is 61.4 Å². The molecule has 1 saturated heterocycles. The molecule has 1 atom stereocenters. The number of nitrogens with one attached hydrogen (secondary N) is 2. The lowest BCUT2D eigenvalue weighted by Crippen LogP contribution is -2.37. The number of rotatable bonds is 7. The van der Waals surface area contributed by atoms with Gasteiger partial charge in [0.2, 0.25) is 11.8 Å². The van der Waals surface area contributed by atoms with E-state index in [4.69, 9.17) is 16.3 Å². The average Bonchev–Trinajstić information content (AvgIpc) is 2.63. The number of hydrogen-bond acceptors (Lipinski definition) is 5. The zero-order valence-electron chi connectivity index (χ0n) is 14.6. The van der Waals surface area contributed by atoms with E-state index in [0.29, 0.717) is 17.3 Å². The number of benzene rings is 1. The van der Waals surface area contributed by atoms with Gasteiger partial charge in [-0.1, -0.05) is 11.6 Å². The maximum absolute atomic E-state index is 12.2. The lowest BCUT2D eigenvalue weighted by Gasteiger charge is -2.26. The SMILES string of the molecule is O=C(CC1Sc2ccc(Cl)cc2NC1=O)NCCCCN1CCOCC1. The van der Waals surface area contributed by atoms with E-state index in [1.807, 2.05) is 6.07 Å². The first-order valence-corrected chi connectivity index (χ1v) is 10.2. The van der Waals surface area contributed by atoms with Gasteiger partial charge in [-0.2, -0.15) is 0 Å². The van der Waals surface area contributed by atoms with Crippen molar-refractivity contribution in [2.45, 2.75) is 29.4 Å². The van der Waals surface area contributed by atoms with E-state index in [1.165, 1.54) is 11.8 Å². The Kier molecular flexibility index (Phi) is 7.19. The number of amides is 2. The molecule has 142 valence electrons. The molecule has 2 amide bonds. The molecule has 0 aromatic heterocycles. The van der Waals surface area contributed by atoms with E-state index in [1.54, 1.807) is 12.1 Å². The molecule has 2 N–H and O–H groups in total. The quantitative estimate of drug-likeness (QED) is 0.691. The number of hydrogen-bond donors (Lipinski definition) is 2. The van der Waals surface area contributed by atoms with Crippen LogP contribution in [0, 0.1) is 0 Å². The normalized spacial score (nSPS) is 20.3. The largest absolute Gasteiger partial charge is 0.379 e. The van der Waals surface area contributed by atoms with Crippen molar-refractivity contribution in [3.63, 3.8) is 0 Å². The van der Waals surface area contributed by atoms with Crippen LogP contribution in [0.4, 0.5) is 5.69 Å². The minimum atomic E-state index is -0.406. The molecule has 6 nitrogen and oxygen atoms in total. The third-order valence-corrected chi connectivity index (χ3v) is 5.97. The van der Waals surface area contributed by atoms with Gasteiger partial charge >= 0.3 is 0 Å². The molecule has 0 spiro atoms. The van der Waals surface area contributed by atoms with Crippen molar-refractivity contribution in [2.24, 2.45) is 0 Å². The molecule has 1 fully saturated rings. The molecule has 2 heterocycles. The van der Waals surface area contributed by atoms with Crippen LogP contribution < -0.4 is 10.6 Å². The summed E-state index contributed by atoms with van der Waals surface area (Å²) in [6.45, 7) is 5.30. The van der Waals surface area contributed by atoms with Crippen LogP contribution in [0.5, 0.6) is 0 Å². The van der Waals surface area contributed by atoms with Gasteiger partial charge in [0, 0.05) is 36.0 Å². The Morgan fingerprint density at radius 1 is 1.35 bits per heavy atom. The molecule has 26 heavy (non-hydrogen) atoms. The van der Waals surface area contributed by atoms with E-state index < -0.39 is 5.25 Å². The number of fused-ring (bicyclic) bond motifs is 1. The second kappa shape index (κ2) is 9.60. The molecule has 2 aliphatic rings. The van der Waals surface area contributed by atoms with Crippen molar-refractivity contribution in [3.8, 4) is 0 Å². The van der Waals surface area contributed by atoms with Crippen molar-refractivity contribution < 1.29 is 14.3 Å². The van der Waals surface area contributed by atoms with Crippen molar-refractivity contribution in [1.29, 1.82) is 0 Å². The number of morpholine rings is 1. The summed E-state index contributed by atoms with van der Waals surface area (Å²) < 4.78 is 5.33. The molecular formula is C18H24ClN3O3S. The van der Waals surface area contributed by atoms with Gasteiger partial charge in [0.1, 0.15) is 0 Å². The Labute approximate surface area is 163 Å². The van der Waals surface area contributed by atoms with E-state index >= 15 is 0 Å². The highest BCUT2D eigenvalue weighted by Crippen LogP contribution is 2.38. The highest BCUT2D eigenvalue weighted by Gasteiger charge is 2.29. The van der Waals surface area contributed by atoms with Crippen molar-refractivity contribution in [3.05, 3.63) is 23.2 Å². The number of ether oxygens (including phenoxy) is 1. The lowest BCUT2D eigenvalue weighted by molar-refractivity contribution is -0.124. The molecule has 1 aromatic rings. The maximum Gasteiger partial charge on any atom is 0.238 e. The third-order valence-electron chi connectivity index (χ3n) is 4.46. The smallest absolute Gasteiger partial charge is 0.238 e. The number of thioether (sulfide) groups is 1. The first-order valence-electron chi connectivity index (χ1n) is 8.96. The molecular weight excluding hydrogens is 374 g/mol. The zero-order chi connectivity index (χ0) is 18.4. The number of carbonyl (C=O) groups excluding carboxylic acids is 2. The van der Waals surface area contributed by atoms with E-state index in [2.05, 4.69) is 15.5 Å². The van der Waals surface area contributed by atoms with Crippen LogP contribution in [0.3, 0.4) is 0 Å². The fourth-order valence-electron chi connectivity index (χ4n) is 3.01. The molecule has 1 unspecified atom stereocenters. The van der Waals surface area contributed by atoms with Gasteiger partial charge in [-0.25, -0.2) is 0 Å².